The van der Waals surface area contributed by atoms with Crippen molar-refractivity contribution in [2.45, 2.75) is 13.8 Å². The van der Waals surface area contributed by atoms with Crippen LogP contribution in [0.3, 0.4) is 0 Å². The Morgan fingerprint density at radius 1 is 1.33 bits per heavy atom. The zero-order chi connectivity index (χ0) is 15.6. The third kappa shape index (κ3) is 3.25. The van der Waals surface area contributed by atoms with Crippen LogP contribution in [0.2, 0.25) is 0 Å². The largest absolute Gasteiger partial charge is 0.465 e. The van der Waals surface area contributed by atoms with Crippen LogP contribution in [0.15, 0.2) is 18.2 Å². The Bertz CT molecular complexity index is 712. The maximum absolute atomic E-state index is 13.4. The van der Waals surface area contributed by atoms with Crippen LogP contribution in [0.25, 0.3) is 0 Å². The van der Waals surface area contributed by atoms with E-state index in [0.29, 0.717) is 16.1 Å². The maximum Gasteiger partial charge on any atom is 0.350 e. The predicted molar refractivity (Wildman–Crippen MR) is 77.3 cm³/mol. The number of hydrogen-bond acceptors (Lipinski definition) is 5. The van der Waals surface area contributed by atoms with Crippen LogP contribution in [0.5, 0.6) is 0 Å². The number of aromatic nitrogens is 1. The number of hydrogen-bond donors (Lipinski definition) is 1. The summed E-state index contributed by atoms with van der Waals surface area (Å²) in [5.41, 5.74) is 1.12. The Labute approximate surface area is 124 Å². The maximum atomic E-state index is 13.4. The summed E-state index contributed by atoms with van der Waals surface area (Å²) in [6.07, 6.45) is 0. The smallest absolute Gasteiger partial charge is 0.350 e. The highest BCUT2D eigenvalue weighted by Crippen LogP contribution is 2.24. The van der Waals surface area contributed by atoms with Crippen molar-refractivity contribution in [1.82, 2.24) is 4.98 Å². The van der Waals surface area contributed by atoms with Gasteiger partial charge >= 0.3 is 5.97 Å². The molecule has 1 heterocycles. The first-order chi connectivity index (χ1) is 9.92. The summed E-state index contributed by atoms with van der Waals surface area (Å²) in [6, 6.07) is 4.21. The fraction of sp³-hybridized carbons (Fsp3) is 0.214. The number of esters is 1. The molecule has 0 atom stereocenters. The molecule has 0 aliphatic carbocycles. The van der Waals surface area contributed by atoms with E-state index in [4.69, 9.17) is 0 Å². The number of anilines is 1. The lowest BCUT2D eigenvalue weighted by molar-refractivity contribution is 0.0605. The number of amides is 1. The number of nitrogens with one attached hydrogen (secondary N) is 1. The first-order valence-electron chi connectivity index (χ1n) is 6.05. The molecule has 5 nitrogen and oxygen atoms in total. The number of carbonyl (C=O) groups excluding carboxylic acids is 2. The number of ether oxygens (including phenoxy) is 1. The van der Waals surface area contributed by atoms with Crippen molar-refractivity contribution in [1.29, 1.82) is 0 Å². The molecule has 0 radical (unpaired) electrons. The number of methoxy groups -OCH3 is 1. The lowest BCUT2D eigenvalue weighted by atomic mass is 10.1. The standard InChI is InChI=1S/C14H13FN2O3S/c1-7-4-5-9(6-10(7)15)12(18)17-14-16-8(2)11(21-14)13(19)20-3/h4-6H,1-3H3,(H,16,17,18). The van der Waals surface area contributed by atoms with Gasteiger partial charge in [-0.25, -0.2) is 14.2 Å². The summed E-state index contributed by atoms with van der Waals surface area (Å²) in [5, 5.41) is 2.80. The van der Waals surface area contributed by atoms with Gasteiger partial charge in [0.05, 0.1) is 12.8 Å². The second-order valence-electron chi connectivity index (χ2n) is 4.34. The quantitative estimate of drug-likeness (QED) is 0.885. The number of halogens is 1. The third-order valence-corrected chi connectivity index (χ3v) is 3.87. The molecule has 0 unspecified atom stereocenters. The lowest BCUT2D eigenvalue weighted by Gasteiger charge is -2.03. The van der Waals surface area contributed by atoms with Crippen molar-refractivity contribution >= 4 is 28.3 Å². The van der Waals surface area contributed by atoms with Gasteiger partial charge in [-0.1, -0.05) is 17.4 Å². The normalized spacial score (nSPS) is 10.3. The number of thiazole rings is 1. The molecule has 21 heavy (non-hydrogen) atoms. The molecule has 110 valence electrons. The number of rotatable bonds is 3. The minimum atomic E-state index is -0.508. The van der Waals surface area contributed by atoms with E-state index in [1.54, 1.807) is 13.8 Å². The molecule has 1 aromatic carbocycles. The van der Waals surface area contributed by atoms with E-state index in [2.05, 4.69) is 15.0 Å². The van der Waals surface area contributed by atoms with Crippen LogP contribution in [-0.2, 0) is 4.74 Å². The number of aryl methyl sites for hydroxylation is 2. The van der Waals surface area contributed by atoms with Crippen LogP contribution in [-0.4, -0.2) is 24.0 Å². The van der Waals surface area contributed by atoms with Gasteiger partial charge in [0.2, 0.25) is 0 Å². The second kappa shape index (κ2) is 6.01. The minimum absolute atomic E-state index is 0.186. The molecule has 1 aromatic heterocycles. The molecule has 0 spiro atoms. The highest BCUT2D eigenvalue weighted by Gasteiger charge is 2.17. The van der Waals surface area contributed by atoms with E-state index in [-0.39, 0.29) is 10.7 Å². The van der Waals surface area contributed by atoms with Gasteiger partial charge in [-0.05, 0) is 31.5 Å². The fourth-order valence-electron chi connectivity index (χ4n) is 1.64. The van der Waals surface area contributed by atoms with Gasteiger partial charge in [0, 0.05) is 5.56 Å². The van der Waals surface area contributed by atoms with Crippen molar-refractivity contribution in [2.75, 3.05) is 12.4 Å². The third-order valence-electron chi connectivity index (χ3n) is 2.82. The van der Waals surface area contributed by atoms with Gasteiger partial charge in [0.1, 0.15) is 10.7 Å². The topological polar surface area (TPSA) is 68.3 Å². The molecule has 7 heteroatoms. The Kier molecular flexibility index (Phi) is 4.32. The Morgan fingerprint density at radius 2 is 2.05 bits per heavy atom. The molecule has 2 aromatic rings. The van der Waals surface area contributed by atoms with Gasteiger partial charge in [-0.2, -0.15) is 0 Å². The van der Waals surface area contributed by atoms with Crippen molar-refractivity contribution in [3.05, 3.63) is 45.7 Å². The average molecular weight is 308 g/mol. The van der Waals surface area contributed by atoms with Crippen LogP contribution in [0, 0.1) is 19.7 Å². The van der Waals surface area contributed by atoms with E-state index in [1.807, 2.05) is 0 Å². The van der Waals surface area contributed by atoms with E-state index in [1.165, 1.54) is 19.2 Å². The van der Waals surface area contributed by atoms with Crippen LogP contribution in [0.4, 0.5) is 9.52 Å². The molecule has 1 N–H and O–H groups in total. The first-order valence-corrected chi connectivity index (χ1v) is 6.87. The molecular formula is C14H13FN2O3S. The first kappa shape index (κ1) is 15.1. The molecule has 0 bridgehead atoms. The Morgan fingerprint density at radius 3 is 2.67 bits per heavy atom. The van der Waals surface area contributed by atoms with Crippen molar-refractivity contribution < 1.29 is 18.7 Å². The van der Waals surface area contributed by atoms with Gasteiger partial charge in [-0.3, -0.25) is 10.1 Å². The van der Waals surface area contributed by atoms with Crippen LogP contribution >= 0.6 is 11.3 Å². The predicted octanol–water partition coefficient (Wildman–Crippen LogP) is 2.94. The molecule has 0 aliphatic rings. The summed E-state index contributed by atoms with van der Waals surface area (Å²) in [7, 11) is 1.27. The minimum Gasteiger partial charge on any atom is -0.465 e. The summed E-state index contributed by atoms with van der Waals surface area (Å²) >= 11 is 1.01. The highest BCUT2D eigenvalue weighted by molar-refractivity contribution is 7.17. The van der Waals surface area contributed by atoms with Gasteiger partial charge in [-0.15, -0.1) is 0 Å². The van der Waals surface area contributed by atoms with Crippen molar-refractivity contribution in [3.63, 3.8) is 0 Å². The zero-order valence-electron chi connectivity index (χ0n) is 11.7. The van der Waals surface area contributed by atoms with E-state index in [0.717, 1.165) is 17.4 Å². The van der Waals surface area contributed by atoms with Gasteiger partial charge in [0.15, 0.2) is 5.13 Å². The fourth-order valence-corrected chi connectivity index (χ4v) is 2.52. The summed E-state index contributed by atoms with van der Waals surface area (Å²) in [5.74, 6) is -1.45. The summed E-state index contributed by atoms with van der Waals surface area (Å²) < 4.78 is 18.1. The second-order valence-corrected chi connectivity index (χ2v) is 5.34. The molecular weight excluding hydrogens is 295 g/mol. The Balaban J connectivity index is 2.19. The summed E-state index contributed by atoms with van der Waals surface area (Å²) in [4.78, 5) is 27.9. The molecule has 1 amide bonds. The molecule has 2 rings (SSSR count). The van der Waals surface area contributed by atoms with E-state index >= 15 is 0 Å². The van der Waals surface area contributed by atoms with Crippen molar-refractivity contribution in [3.8, 4) is 0 Å². The molecule has 0 aliphatic heterocycles. The van der Waals surface area contributed by atoms with Crippen molar-refractivity contribution in [2.24, 2.45) is 0 Å². The number of benzene rings is 1. The van der Waals surface area contributed by atoms with Gasteiger partial charge < -0.3 is 4.74 Å². The van der Waals surface area contributed by atoms with Crippen LogP contribution in [0.1, 0.15) is 31.3 Å². The van der Waals surface area contributed by atoms with Gasteiger partial charge in [0.25, 0.3) is 5.91 Å². The number of nitrogens with zero attached hydrogens (tertiary/aromatic N) is 1. The molecule has 0 saturated heterocycles. The highest BCUT2D eigenvalue weighted by atomic mass is 32.1. The van der Waals surface area contributed by atoms with Crippen LogP contribution < -0.4 is 5.32 Å². The average Bonchev–Trinajstić information content (AvgIpc) is 2.81. The molecule has 0 fully saturated rings. The number of carbonyl (C=O) groups is 2. The monoisotopic (exact) mass is 308 g/mol. The SMILES string of the molecule is COC(=O)c1sc(NC(=O)c2ccc(C)c(F)c2)nc1C. The van der Waals surface area contributed by atoms with E-state index in [9.17, 15) is 14.0 Å². The molecule has 0 saturated carbocycles. The zero-order valence-corrected chi connectivity index (χ0v) is 12.5. The lowest BCUT2D eigenvalue weighted by Crippen LogP contribution is -2.12. The Hall–Kier alpha value is -2.28. The van der Waals surface area contributed by atoms with E-state index < -0.39 is 17.7 Å². The summed E-state index contributed by atoms with van der Waals surface area (Å²) in [6.45, 7) is 3.26.